The molecule has 0 aromatic rings. The molecule has 19 heteroatoms. The van der Waals surface area contributed by atoms with Crippen LogP contribution in [0, 0.1) is 52.3 Å². The minimum atomic E-state index is -1.70. The quantitative estimate of drug-likeness (QED) is 0.0964. The van der Waals surface area contributed by atoms with Gasteiger partial charge in [-0.05, 0) is 105 Å². The molecule has 0 amide bonds. The zero-order chi connectivity index (χ0) is 46.4. The summed E-state index contributed by atoms with van der Waals surface area (Å²) in [5.41, 5.74) is -0.263. The van der Waals surface area contributed by atoms with Gasteiger partial charge in [0.1, 0.15) is 67.1 Å². The molecule has 0 aromatic carbocycles. The second kappa shape index (κ2) is 18.9. The maximum Gasteiger partial charge on any atom is 0.187 e. The Morgan fingerprint density at radius 3 is 2.00 bits per heavy atom. The molecule has 12 N–H and O–H groups in total. The molecule has 64 heavy (non-hydrogen) atoms. The number of aliphatic hydroxyl groups excluding tert-OH is 11. The zero-order valence-corrected chi connectivity index (χ0v) is 37.6. The molecule has 4 saturated carbocycles. The summed E-state index contributed by atoms with van der Waals surface area (Å²) in [5.74, 6) is -0.0681. The molecule has 0 bridgehead atoms. The molecule has 19 nitrogen and oxygen atoms in total. The lowest BCUT2D eigenvalue weighted by atomic mass is 9.44. The predicted molar refractivity (Wildman–Crippen MR) is 219 cm³/mol. The lowest BCUT2D eigenvalue weighted by molar-refractivity contribution is -0.374. The van der Waals surface area contributed by atoms with Crippen LogP contribution < -0.4 is 0 Å². The minimum absolute atomic E-state index is 0.0563. The van der Waals surface area contributed by atoms with Gasteiger partial charge in [-0.3, -0.25) is 0 Å². The van der Waals surface area contributed by atoms with E-state index in [-0.39, 0.29) is 47.2 Å². The standard InChI is InChI=1S/C45H76O19/c1-18(17-58-40-37(55)35(53)32(50)28(15-46)61-40)8-11-45(57)19(2)30-27(64-45)13-24-22-7-6-21-12-26(25(48)14-44(21,5)23(22)9-10-43(24,30)4)60-42-39(36(54)33(51)29(16-47)62-42)63-41-38(56)34(52)31(49)20(3)59-41/h18-42,46-57H,6-17H2,1-5H3/t18-,19-,20-,21-,22+,23-,24-,25+,26+,27-,28+,29+,30-,31-,32+,33+,34+,35-,36-,37+,38+,39+,40+,41-,42+,43-,44-,45?/m0/s1. The van der Waals surface area contributed by atoms with E-state index in [1.165, 1.54) is 6.92 Å². The van der Waals surface area contributed by atoms with Gasteiger partial charge in [-0.15, -0.1) is 0 Å². The smallest absolute Gasteiger partial charge is 0.187 e. The first-order chi connectivity index (χ1) is 30.2. The van der Waals surface area contributed by atoms with Gasteiger partial charge in [0.05, 0.1) is 44.2 Å². The maximum atomic E-state index is 12.1. The van der Waals surface area contributed by atoms with Gasteiger partial charge in [0.2, 0.25) is 0 Å². The summed E-state index contributed by atoms with van der Waals surface area (Å²) in [6.45, 7) is 9.19. The van der Waals surface area contributed by atoms with Crippen LogP contribution in [0.25, 0.3) is 0 Å². The van der Waals surface area contributed by atoms with Gasteiger partial charge in [-0.25, -0.2) is 0 Å². The average molecular weight is 921 g/mol. The monoisotopic (exact) mass is 920 g/mol. The van der Waals surface area contributed by atoms with Crippen LogP contribution in [0.5, 0.6) is 0 Å². The molecule has 8 fully saturated rings. The van der Waals surface area contributed by atoms with Crippen LogP contribution in [0.4, 0.5) is 0 Å². The minimum Gasteiger partial charge on any atom is -0.394 e. The molecular weight excluding hydrogens is 844 g/mol. The molecular formula is C45H76O19. The summed E-state index contributed by atoms with van der Waals surface area (Å²) < 4.78 is 41.9. The van der Waals surface area contributed by atoms with Crippen LogP contribution in [-0.2, 0) is 33.2 Å². The molecule has 4 heterocycles. The summed E-state index contributed by atoms with van der Waals surface area (Å²) in [6.07, 6.45) is -16.4. The summed E-state index contributed by atoms with van der Waals surface area (Å²) in [4.78, 5) is 0. The van der Waals surface area contributed by atoms with Crippen molar-refractivity contribution in [1.29, 1.82) is 0 Å². The van der Waals surface area contributed by atoms with Gasteiger partial charge in [0.15, 0.2) is 24.7 Å². The Bertz CT molecular complexity index is 1580. The van der Waals surface area contributed by atoms with Crippen molar-refractivity contribution in [2.45, 2.75) is 209 Å². The van der Waals surface area contributed by atoms with E-state index < -0.39 is 123 Å². The van der Waals surface area contributed by atoms with Crippen LogP contribution >= 0.6 is 0 Å². The summed E-state index contributed by atoms with van der Waals surface area (Å²) in [5, 5.41) is 127. The van der Waals surface area contributed by atoms with Crippen molar-refractivity contribution >= 4 is 0 Å². The van der Waals surface area contributed by atoms with Crippen LogP contribution in [0.1, 0.15) is 92.4 Å². The van der Waals surface area contributed by atoms with Crippen molar-refractivity contribution in [1.82, 2.24) is 0 Å². The van der Waals surface area contributed by atoms with Crippen molar-refractivity contribution in [3.8, 4) is 0 Å². The van der Waals surface area contributed by atoms with E-state index in [1.54, 1.807) is 0 Å². The van der Waals surface area contributed by atoms with Crippen LogP contribution in [0.3, 0.4) is 0 Å². The van der Waals surface area contributed by atoms with E-state index in [4.69, 9.17) is 33.2 Å². The largest absolute Gasteiger partial charge is 0.394 e. The number of aliphatic hydroxyl groups is 12. The van der Waals surface area contributed by atoms with Gasteiger partial charge < -0.3 is 94.4 Å². The second-order valence-corrected chi connectivity index (χ2v) is 21.6. The maximum absolute atomic E-state index is 12.1. The molecule has 4 saturated heterocycles. The highest BCUT2D eigenvalue weighted by atomic mass is 16.8. The second-order valence-electron chi connectivity index (χ2n) is 21.6. The number of hydrogen-bond donors (Lipinski definition) is 12. The third kappa shape index (κ3) is 8.55. The molecule has 370 valence electrons. The Labute approximate surface area is 374 Å². The fraction of sp³-hybridized carbons (Fsp3) is 1.00. The first kappa shape index (κ1) is 49.7. The average Bonchev–Trinajstić information content (AvgIpc) is 3.70. The van der Waals surface area contributed by atoms with E-state index >= 15 is 0 Å². The third-order valence-corrected chi connectivity index (χ3v) is 18.0. The molecule has 4 aliphatic carbocycles. The highest BCUT2D eigenvalue weighted by Gasteiger charge is 2.69. The van der Waals surface area contributed by atoms with Crippen molar-refractivity contribution < 1.29 is 94.4 Å². The van der Waals surface area contributed by atoms with E-state index in [0.29, 0.717) is 43.4 Å². The SMILES string of the molecule is C[C@@H](CCC1(O)O[C@H]2C[C@H]3[C@@H]4CC[C@H]5C[C@@H](O[C@@H]6O[C@H](CO)[C@@H](O)[C@H](O)[C@H]6O[C@@H]6O[C@@H](C)[C@H](O)[C@@H](O)[C@H]6O)[C@H](O)C[C@]5(C)[C@H]4CC[C@]3(C)[C@H]2[C@@H]1C)CO[C@@H]1O[C@H](CO)[C@@H](O)[C@H](O)[C@H]1O. The highest BCUT2D eigenvalue weighted by Crippen LogP contribution is 2.71. The Balaban J connectivity index is 0.883. The Morgan fingerprint density at radius 1 is 0.672 bits per heavy atom. The van der Waals surface area contributed by atoms with E-state index in [0.717, 1.165) is 32.1 Å². The molecule has 28 atom stereocenters. The molecule has 0 aromatic heterocycles. The molecule has 0 spiro atoms. The summed E-state index contributed by atoms with van der Waals surface area (Å²) in [6, 6.07) is 0. The fourth-order valence-electron chi connectivity index (χ4n) is 14.1. The summed E-state index contributed by atoms with van der Waals surface area (Å²) in [7, 11) is 0. The molecule has 8 aliphatic rings. The van der Waals surface area contributed by atoms with Gasteiger partial charge in [0, 0.05) is 12.3 Å². The predicted octanol–water partition coefficient (Wildman–Crippen LogP) is -1.78. The number of ether oxygens (including phenoxy) is 7. The van der Waals surface area contributed by atoms with Gasteiger partial charge in [0.25, 0.3) is 0 Å². The van der Waals surface area contributed by atoms with E-state index in [2.05, 4.69) is 20.8 Å². The van der Waals surface area contributed by atoms with Gasteiger partial charge in [-0.2, -0.15) is 0 Å². The van der Waals surface area contributed by atoms with Crippen LogP contribution in [0.2, 0.25) is 0 Å². The zero-order valence-electron chi connectivity index (χ0n) is 37.6. The van der Waals surface area contributed by atoms with Crippen LogP contribution in [-0.4, -0.2) is 197 Å². The highest BCUT2D eigenvalue weighted by molar-refractivity contribution is 5.15. The van der Waals surface area contributed by atoms with E-state index in [1.807, 2.05) is 6.92 Å². The van der Waals surface area contributed by atoms with Crippen molar-refractivity contribution in [3.05, 3.63) is 0 Å². The molecule has 4 aliphatic heterocycles. The Kier molecular flexibility index (Phi) is 14.6. The van der Waals surface area contributed by atoms with E-state index in [9.17, 15) is 61.3 Å². The lowest BCUT2D eigenvalue weighted by Gasteiger charge is -2.62. The summed E-state index contributed by atoms with van der Waals surface area (Å²) >= 11 is 0. The van der Waals surface area contributed by atoms with Gasteiger partial charge in [-0.1, -0.05) is 27.7 Å². The Morgan fingerprint density at radius 2 is 1.31 bits per heavy atom. The van der Waals surface area contributed by atoms with Gasteiger partial charge >= 0.3 is 0 Å². The lowest BCUT2D eigenvalue weighted by Crippen LogP contribution is -2.65. The normalized spacial score (nSPS) is 56.8. The number of rotatable bonds is 12. The van der Waals surface area contributed by atoms with Crippen molar-refractivity contribution in [2.75, 3.05) is 19.8 Å². The van der Waals surface area contributed by atoms with Crippen molar-refractivity contribution in [2.24, 2.45) is 52.3 Å². The number of fused-ring (bicyclic) bond motifs is 7. The topological polar surface area (TPSA) is 307 Å². The first-order valence-corrected chi connectivity index (χ1v) is 23.8. The molecule has 1 unspecified atom stereocenters. The first-order valence-electron chi connectivity index (χ1n) is 23.8. The number of hydrogen-bond acceptors (Lipinski definition) is 19. The third-order valence-electron chi connectivity index (χ3n) is 18.0. The fourth-order valence-corrected chi connectivity index (χ4v) is 14.1. The van der Waals surface area contributed by atoms with Crippen molar-refractivity contribution in [3.63, 3.8) is 0 Å². The molecule has 8 rings (SSSR count). The Hall–Kier alpha value is -0.760. The van der Waals surface area contributed by atoms with Crippen LogP contribution in [0.15, 0.2) is 0 Å². The molecule has 0 radical (unpaired) electrons.